The third-order valence-corrected chi connectivity index (χ3v) is 6.89. The van der Waals surface area contributed by atoms with Crippen LogP contribution in [0.4, 0.5) is 0 Å². The number of hydrogen-bond donors (Lipinski definition) is 0. The standard InChI is InChI=1S/C22H23ClN4O2S/c23-20-7-6-18(30-20)14-25-10-11-27(19(15-25)22(29)26-8-1-2-9-26)21(28)17-5-3-4-16(12-17)13-24/h3-7,12,19H,1-2,8-11,14-15H2. The van der Waals surface area contributed by atoms with E-state index in [1.54, 1.807) is 40.5 Å². The maximum absolute atomic E-state index is 13.3. The summed E-state index contributed by atoms with van der Waals surface area (Å²) in [5, 5.41) is 9.16. The molecule has 4 rings (SSSR count). The smallest absolute Gasteiger partial charge is 0.254 e. The van der Waals surface area contributed by atoms with Crippen LogP contribution >= 0.6 is 22.9 Å². The minimum absolute atomic E-state index is 0.0196. The Labute approximate surface area is 185 Å². The molecule has 2 amide bonds. The lowest BCUT2D eigenvalue weighted by Gasteiger charge is -2.41. The van der Waals surface area contributed by atoms with Crippen molar-refractivity contribution < 1.29 is 9.59 Å². The molecule has 1 aromatic carbocycles. The molecule has 2 saturated heterocycles. The topological polar surface area (TPSA) is 67.6 Å². The molecule has 0 spiro atoms. The van der Waals surface area contributed by atoms with Gasteiger partial charge in [-0.15, -0.1) is 11.3 Å². The molecule has 8 heteroatoms. The highest BCUT2D eigenvalue weighted by atomic mass is 35.5. The summed E-state index contributed by atoms with van der Waals surface area (Å²) in [5.74, 6) is -0.172. The van der Waals surface area contributed by atoms with Crippen LogP contribution in [0.25, 0.3) is 0 Å². The van der Waals surface area contributed by atoms with Gasteiger partial charge in [-0.3, -0.25) is 14.5 Å². The van der Waals surface area contributed by atoms with E-state index in [1.807, 2.05) is 17.0 Å². The minimum atomic E-state index is -0.523. The third kappa shape index (κ3) is 4.51. The summed E-state index contributed by atoms with van der Waals surface area (Å²) in [6, 6.07) is 12.1. The highest BCUT2D eigenvalue weighted by Crippen LogP contribution is 2.25. The Morgan fingerprint density at radius 1 is 1.13 bits per heavy atom. The summed E-state index contributed by atoms with van der Waals surface area (Å²) in [7, 11) is 0. The van der Waals surface area contributed by atoms with Crippen molar-refractivity contribution in [3.63, 3.8) is 0 Å². The number of halogens is 1. The van der Waals surface area contributed by atoms with Gasteiger partial charge in [-0.25, -0.2) is 0 Å². The molecular weight excluding hydrogens is 420 g/mol. The van der Waals surface area contributed by atoms with E-state index in [4.69, 9.17) is 16.9 Å². The third-order valence-electron chi connectivity index (χ3n) is 5.68. The fourth-order valence-electron chi connectivity index (χ4n) is 4.13. The average Bonchev–Trinajstić information content (AvgIpc) is 3.45. The molecule has 2 aromatic rings. The van der Waals surface area contributed by atoms with Gasteiger partial charge in [0.2, 0.25) is 5.91 Å². The van der Waals surface area contributed by atoms with Crippen LogP contribution in [0.5, 0.6) is 0 Å². The van der Waals surface area contributed by atoms with Gasteiger partial charge in [0, 0.05) is 49.7 Å². The van der Waals surface area contributed by atoms with Gasteiger partial charge in [-0.05, 0) is 43.2 Å². The van der Waals surface area contributed by atoms with Gasteiger partial charge >= 0.3 is 0 Å². The predicted octanol–water partition coefficient (Wildman–Crippen LogP) is 3.22. The SMILES string of the molecule is N#Cc1cccc(C(=O)N2CCN(Cc3ccc(Cl)s3)CC2C(=O)N2CCCC2)c1. The molecule has 2 aliphatic heterocycles. The van der Waals surface area contributed by atoms with Crippen LogP contribution in [0, 0.1) is 11.3 Å². The van der Waals surface area contributed by atoms with Gasteiger partial charge < -0.3 is 9.80 Å². The summed E-state index contributed by atoms with van der Waals surface area (Å²) >= 11 is 7.61. The first-order chi connectivity index (χ1) is 14.5. The van der Waals surface area contributed by atoms with Crippen molar-refractivity contribution in [1.29, 1.82) is 5.26 Å². The number of benzene rings is 1. The Morgan fingerprint density at radius 2 is 1.93 bits per heavy atom. The highest BCUT2D eigenvalue weighted by Gasteiger charge is 2.38. The van der Waals surface area contributed by atoms with Crippen LogP contribution in [-0.4, -0.2) is 65.3 Å². The van der Waals surface area contributed by atoms with E-state index in [9.17, 15) is 9.59 Å². The molecule has 6 nitrogen and oxygen atoms in total. The van der Waals surface area contributed by atoms with Crippen LogP contribution in [0.3, 0.4) is 0 Å². The average molecular weight is 443 g/mol. The second kappa shape index (κ2) is 9.17. The number of hydrogen-bond acceptors (Lipinski definition) is 5. The zero-order valence-corrected chi connectivity index (χ0v) is 18.2. The van der Waals surface area contributed by atoms with Crippen molar-refractivity contribution in [2.75, 3.05) is 32.7 Å². The molecule has 0 aliphatic carbocycles. The first-order valence-corrected chi connectivity index (χ1v) is 11.3. The Bertz CT molecular complexity index is 980. The molecule has 0 saturated carbocycles. The second-order valence-corrected chi connectivity index (χ2v) is 9.48. The lowest BCUT2D eigenvalue weighted by atomic mass is 10.1. The summed E-state index contributed by atoms with van der Waals surface area (Å²) in [6.45, 7) is 3.87. The van der Waals surface area contributed by atoms with E-state index >= 15 is 0 Å². The number of carbonyl (C=O) groups excluding carboxylic acids is 2. The Hall–Kier alpha value is -2.40. The van der Waals surface area contributed by atoms with Gasteiger partial charge in [-0.1, -0.05) is 17.7 Å². The Balaban J connectivity index is 1.55. The van der Waals surface area contributed by atoms with Crippen LogP contribution in [0.15, 0.2) is 36.4 Å². The van der Waals surface area contributed by atoms with Crippen molar-refractivity contribution in [3.8, 4) is 6.07 Å². The van der Waals surface area contributed by atoms with E-state index in [2.05, 4.69) is 11.0 Å². The van der Waals surface area contributed by atoms with Crippen molar-refractivity contribution in [1.82, 2.24) is 14.7 Å². The zero-order valence-electron chi connectivity index (χ0n) is 16.6. The Morgan fingerprint density at radius 3 is 2.63 bits per heavy atom. The molecule has 30 heavy (non-hydrogen) atoms. The van der Waals surface area contributed by atoms with E-state index in [-0.39, 0.29) is 11.8 Å². The van der Waals surface area contributed by atoms with Crippen LogP contribution in [0.2, 0.25) is 4.34 Å². The fourth-order valence-corrected chi connectivity index (χ4v) is 5.26. The normalized spacial score (nSPS) is 19.7. The number of amides is 2. The number of piperazine rings is 1. The maximum Gasteiger partial charge on any atom is 0.254 e. The number of rotatable bonds is 4. The first kappa shape index (κ1) is 20.9. The van der Waals surface area contributed by atoms with Gasteiger partial charge in [0.1, 0.15) is 6.04 Å². The lowest BCUT2D eigenvalue weighted by Crippen LogP contribution is -2.60. The molecular formula is C22H23ClN4O2S. The molecule has 156 valence electrons. The summed E-state index contributed by atoms with van der Waals surface area (Å²) in [5.41, 5.74) is 0.892. The maximum atomic E-state index is 13.3. The zero-order chi connectivity index (χ0) is 21.1. The van der Waals surface area contributed by atoms with Crippen LogP contribution < -0.4 is 0 Å². The minimum Gasteiger partial charge on any atom is -0.341 e. The van der Waals surface area contributed by atoms with Gasteiger partial charge in [0.25, 0.3) is 5.91 Å². The molecule has 0 radical (unpaired) electrons. The lowest BCUT2D eigenvalue weighted by molar-refractivity contribution is -0.137. The number of nitrogens with zero attached hydrogens (tertiary/aromatic N) is 4. The fraction of sp³-hybridized carbons (Fsp3) is 0.409. The number of nitriles is 1. The molecule has 1 atom stereocenters. The monoisotopic (exact) mass is 442 g/mol. The van der Waals surface area contributed by atoms with E-state index < -0.39 is 6.04 Å². The molecule has 1 aromatic heterocycles. The van der Waals surface area contributed by atoms with E-state index in [0.29, 0.717) is 37.3 Å². The summed E-state index contributed by atoms with van der Waals surface area (Å²) in [6.07, 6.45) is 2.02. The first-order valence-electron chi connectivity index (χ1n) is 10.1. The van der Waals surface area contributed by atoms with Crippen molar-refractivity contribution >= 4 is 34.8 Å². The molecule has 3 heterocycles. The van der Waals surface area contributed by atoms with Crippen molar-refractivity contribution in [2.45, 2.75) is 25.4 Å². The largest absolute Gasteiger partial charge is 0.341 e. The van der Waals surface area contributed by atoms with E-state index in [0.717, 1.165) is 35.1 Å². The van der Waals surface area contributed by atoms with Crippen LogP contribution in [0.1, 0.15) is 33.6 Å². The Kier molecular flexibility index (Phi) is 6.38. The molecule has 2 fully saturated rings. The van der Waals surface area contributed by atoms with Crippen molar-refractivity contribution in [3.05, 3.63) is 56.7 Å². The molecule has 2 aliphatic rings. The van der Waals surface area contributed by atoms with Gasteiger partial charge in [0.05, 0.1) is 16.0 Å². The number of carbonyl (C=O) groups is 2. The number of likely N-dealkylation sites (tertiary alicyclic amines) is 1. The summed E-state index contributed by atoms with van der Waals surface area (Å²) in [4.78, 5) is 33.5. The number of thiophene rings is 1. The highest BCUT2D eigenvalue weighted by molar-refractivity contribution is 7.16. The van der Waals surface area contributed by atoms with Gasteiger partial charge in [0.15, 0.2) is 0 Å². The molecule has 1 unspecified atom stereocenters. The van der Waals surface area contributed by atoms with Crippen LogP contribution in [-0.2, 0) is 11.3 Å². The van der Waals surface area contributed by atoms with Gasteiger partial charge in [-0.2, -0.15) is 5.26 Å². The molecule has 0 bridgehead atoms. The molecule has 0 N–H and O–H groups in total. The second-order valence-electron chi connectivity index (χ2n) is 7.68. The summed E-state index contributed by atoms with van der Waals surface area (Å²) < 4.78 is 0.751. The quantitative estimate of drug-likeness (QED) is 0.729. The predicted molar refractivity (Wildman–Crippen MR) is 116 cm³/mol. The van der Waals surface area contributed by atoms with Crippen molar-refractivity contribution in [2.24, 2.45) is 0 Å². The van der Waals surface area contributed by atoms with E-state index in [1.165, 1.54) is 0 Å².